The molecule has 4 aliphatic heterocycles. The summed E-state index contributed by atoms with van der Waals surface area (Å²) >= 11 is 2.57. The van der Waals surface area contributed by atoms with E-state index in [2.05, 4.69) is 6.92 Å². The van der Waals surface area contributed by atoms with Gasteiger partial charge in [-0.15, -0.1) is 23.5 Å². The quantitative estimate of drug-likeness (QED) is 0.316. The molecular formula is C28H36N2O7S2. The van der Waals surface area contributed by atoms with Gasteiger partial charge in [-0.25, -0.2) is 0 Å². The molecule has 5 aliphatic rings. The molecule has 9 nitrogen and oxygen atoms in total. The number of hydrogen-bond donors (Lipinski definition) is 2. The van der Waals surface area contributed by atoms with Crippen molar-refractivity contribution in [1.29, 1.82) is 0 Å². The van der Waals surface area contributed by atoms with Gasteiger partial charge in [0, 0.05) is 12.8 Å². The molecular weight excluding hydrogens is 540 g/mol. The van der Waals surface area contributed by atoms with E-state index < -0.39 is 46.1 Å². The van der Waals surface area contributed by atoms with Gasteiger partial charge in [-0.2, -0.15) is 0 Å². The van der Waals surface area contributed by atoms with Crippen molar-refractivity contribution in [3.63, 3.8) is 0 Å². The predicted molar refractivity (Wildman–Crippen MR) is 149 cm³/mol. The number of hydrogen-bond acceptors (Lipinski definition) is 9. The van der Waals surface area contributed by atoms with Crippen LogP contribution in [0.25, 0.3) is 0 Å². The fourth-order valence-corrected chi connectivity index (χ4v) is 8.48. The summed E-state index contributed by atoms with van der Waals surface area (Å²) in [5.41, 5.74) is 1.52. The van der Waals surface area contributed by atoms with Crippen molar-refractivity contribution in [3.05, 3.63) is 48.0 Å². The van der Waals surface area contributed by atoms with E-state index in [1.165, 1.54) is 42.1 Å². The van der Waals surface area contributed by atoms with Crippen LogP contribution in [-0.4, -0.2) is 90.4 Å². The van der Waals surface area contributed by atoms with Gasteiger partial charge in [0.1, 0.15) is 6.10 Å². The van der Waals surface area contributed by atoms with Crippen LogP contribution in [-0.2, 0) is 23.9 Å². The Morgan fingerprint density at radius 1 is 1.10 bits per heavy atom. The standard InChI is InChI=1S/C28H36N2O7S2/c1-4-5-6-9-19(31)13-22(33)37-21-10-7-8-17-14-27(38-2)25(34)29-23-18(16-36-12-11-20(23)32)15-28(29,39-3)26(35)30(27)24(17)21/h7-8,10-12,16,19-21,23-24,31-32H,4-6,9,13-15H2,1-3H3. The second kappa shape index (κ2) is 11.0. The number of thioether (sulfide) groups is 2. The molecule has 7 unspecified atom stereocenters. The van der Waals surface area contributed by atoms with Gasteiger partial charge in [0.15, 0.2) is 9.74 Å². The van der Waals surface area contributed by atoms with E-state index in [0.717, 1.165) is 24.8 Å². The molecule has 7 atom stereocenters. The number of fused-ring (bicyclic) bond motifs is 6. The Bertz CT molecular complexity index is 1150. The lowest BCUT2D eigenvalue weighted by atomic mass is 9.96. The SMILES string of the molecule is CCCCCC(O)CC(=O)OC1C=CC=C2CC3(SC)C(=O)N4C5C(=COC=CC5O)CC4(SC)C(=O)N3C21. The van der Waals surface area contributed by atoms with Crippen LogP contribution in [0.3, 0.4) is 0 Å². The van der Waals surface area contributed by atoms with E-state index in [9.17, 15) is 24.6 Å². The van der Waals surface area contributed by atoms with Gasteiger partial charge in [-0.05, 0) is 42.2 Å². The van der Waals surface area contributed by atoms with Crippen LogP contribution in [0.4, 0.5) is 0 Å². The van der Waals surface area contributed by atoms with Crippen LogP contribution >= 0.6 is 23.5 Å². The number of aliphatic hydroxyl groups is 2. The molecule has 0 saturated carbocycles. The highest BCUT2D eigenvalue weighted by atomic mass is 32.2. The third-order valence-electron chi connectivity index (χ3n) is 8.39. The minimum atomic E-state index is -1.26. The molecule has 5 rings (SSSR count). The zero-order chi connectivity index (χ0) is 27.9. The first-order chi connectivity index (χ1) is 18.7. The minimum Gasteiger partial charge on any atom is -0.473 e. The van der Waals surface area contributed by atoms with E-state index in [-0.39, 0.29) is 31.1 Å². The molecule has 212 valence electrons. The van der Waals surface area contributed by atoms with Crippen LogP contribution in [0.15, 0.2) is 48.0 Å². The molecule has 3 fully saturated rings. The first-order valence-corrected chi connectivity index (χ1v) is 15.9. The van der Waals surface area contributed by atoms with Gasteiger partial charge in [0.2, 0.25) is 0 Å². The maximum Gasteiger partial charge on any atom is 0.309 e. The van der Waals surface area contributed by atoms with Gasteiger partial charge < -0.3 is 29.5 Å². The average molecular weight is 577 g/mol. The highest BCUT2D eigenvalue weighted by Crippen LogP contribution is 2.59. The lowest BCUT2D eigenvalue weighted by Gasteiger charge is -2.54. The molecule has 0 spiro atoms. The Morgan fingerprint density at radius 2 is 1.77 bits per heavy atom. The van der Waals surface area contributed by atoms with Crippen molar-refractivity contribution in [1.82, 2.24) is 9.80 Å². The zero-order valence-electron chi connectivity index (χ0n) is 22.4. The Morgan fingerprint density at radius 3 is 2.44 bits per heavy atom. The van der Waals surface area contributed by atoms with E-state index in [4.69, 9.17) is 9.47 Å². The Kier molecular flexibility index (Phi) is 7.98. The Hall–Kier alpha value is -2.21. The van der Waals surface area contributed by atoms with Crippen LogP contribution in [0.5, 0.6) is 0 Å². The number of nitrogens with zero attached hydrogens (tertiary/aromatic N) is 2. The summed E-state index contributed by atoms with van der Waals surface area (Å²) in [5.74, 6) is -1.04. The molecule has 2 amide bonds. The lowest BCUT2D eigenvalue weighted by Crippen LogP contribution is -2.74. The molecule has 0 aromatic heterocycles. The molecule has 0 radical (unpaired) electrons. The van der Waals surface area contributed by atoms with Gasteiger partial charge >= 0.3 is 5.97 Å². The van der Waals surface area contributed by atoms with Gasteiger partial charge in [-0.3, -0.25) is 14.4 Å². The number of esters is 1. The maximum atomic E-state index is 14.6. The predicted octanol–water partition coefficient (Wildman–Crippen LogP) is 2.85. The number of allylic oxidation sites excluding steroid dienone is 2. The highest BCUT2D eigenvalue weighted by Gasteiger charge is 2.72. The van der Waals surface area contributed by atoms with Crippen molar-refractivity contribution < 1.29 is 34.1 Å². The average Bonchev–Trinajstić information content (AvgIpc) is 3.39. The Balaban J connectivity index is 1.46. The number of piperazine rings is 1. The summed E-state index contributed by atoms with van der Waals surface area (Å²) in [7, 11) is 0. The smallest absolute Gasteiger partial charge is 0.309 e. The number of amides is 2. The normalized spacial score (nSPS) is 35.3. The first kappa shape index (κ1) is 28.3. The first-order valence-electron chi connectivity index (χ1n) is 13.5. The van der Waals surface area contributed by atoms with Crippen LogP contribution in [0, 0.1) is 0 Å². The van der Waals surface area contributed by atoms with E-state index in [0.29, 0.717) is 12.0 Å². The number of ether oxygens (including phenoxy) is 2. The summed E-state index contributed by atoms with van der Waals surface area (Å²) < 4.78 is 11.3. The van der Waals surface area contributed by atoms with Gasteiger partial charge in [0.05, 0.1) is 43.2 Å². The van der Waals surface area contributed by atoms with Crippen molar-refractivity contribution in [3.8, 4) is 0 Å². The Labute approximate surface area is 237 Å². The molecule has 11 heteroatoms. The minimum absolute atomic E-state index is 0.121. The number of rotatable bonds is 9. The third kappa shape index (κ3) is 4.45. The van der Waals surface area contributed by atoms with Gasteiger partial charge in [0.25, 0.3) is 11.8 Å². The van der Waals surface area contributed by atoms with E-state index in [1.807, 2.05) is 12.3 Å². The lowest BCUT2D eigenvalue weighted by molar-refractivity contribution is -0.170. The summed E-state index contributed by atoms with van der Waals surface area (Å²) in [4.78, 5) is 42.7. The van der Waals surface area contributed by atoms with Gasteiger partial charge in [-0.1, -0.05) is 38.3 Å². The van der Waals surface area contributed by atoms with E-state index in [1.54, 1.807) is 28.2 Å². The molecule has 2 N–H and O–H groups in total. The summed E-state index contributed by atoms with van der Waals surface area (Å²) in [6, 6.07) is -1.34. The van der Waals surface area contributed by atoms with Crippen molar-refractivity contribution in [2.24, 2.45) is 0 Å². The van der Waals surface area contributed by atoms with Crippen molar-refractivity contribution in [2.45, 2.75) is 92.0 Å². The van der Waals surface area contributed by atoms with Crippen molar-refractivity contribution >= 4 is 41.3 Å². The molecule has 0 bridgehead atoms. The summed E-state index contributed by atoms with van der Waals surface area (Å²) in [6.07, 6.45) is 14.6. The molecule has 0 aromatic rings. The highest BCUT2D eigenvalue weighted by molar-refractivity contribution is 8.01. The summed E-state index contributed by atoms with van der Waals surface area (Å²) in [5, 5.41) is 21.3. The fourth-order valence-electron chi connectivity index (χ4n) is 6.52. The number of unbranched alkanes of at least 4 members (excludes halogenated alkanes) is 2. The molecule has 0 aromatic carbocycles. The zero-order valence-corrected chi connectivity index (χ0v) is 24.1. The maximum absolute atomic E-state index is 14.6. The molecule has 39 heavy (non-hydrogen) atoms. The van der Waals surface area contributed by atoms with Crippen molar-refractivity contribution in [2.75, 3.05) is 12.5 Å². The fraction of sp³-hybridized carbons (Fsp3) is 0.607. The van der Waals surface area contributed by atoms with Crippen LogP contribution < -0.4 is 0 Å². The van der Waals surface area contributed by atoms with Crippen LogP contribution in [0.1, 0.15) is 51.9 Å². The molecule has 4 heterocycles. The second-order valence-corrected chi connectivity index (χ2v) is 12.8. The monoisotopic (exact) mass is 576 g/mol. The van der Waals surface area contributed by atoms with E-state index >= 15 is 0 Å². The third-order valence-corrected chi connectivity index (χ3v) is 10.8. The molecule has 3 saturated heterocycles. The molecule has 1 aliphatic carbocycles. The number of carbonyl (C=O) groups excluding carboxylic acids is 3. The number of carbonyl (C=O) groups is 3. The van der Waals surface area contributed by atoms with Crippen LogP contribution in [0.2, 0.25) is 0 Å². The summed E-state index contributed by atoms with van der Waals surface area (Å²) in [6.45, 7) is 2.08. The number of aliphatic hydroxyl groups excluding tert-OH is 2. The largest absolute Gasteiger partial charge is 0.473 e. The second-order valence-electron chi connectivity index (χ2n) is 10.7. The topological polar surface area (TPSA) is 117 Å².